The van der Waals surface area contributed by atoms with Gasteiger partial charge in [0.1, 0.15) is 12.4 Å². The SMILES string of the molecule is Cc1ccc(S(=O)(=O)N2CCC(N3C(=O)OCc4ccccc43)CC2)cc1O. The first-order valence-corrected chi connectivity index (χ1v) is 10.7. The summed E-state index contributed by atoms with van der Waals surface area (Å²) in [6.07, 6.45) is 0.643. The molecular weight excluding hydrogens is 380 g/mol. The van der Waals surface area contributed by atoms with Crippen LogP contribution in [0, 0.1) is 6.92 Å². The molecule has 0 aromatic heterocycles. The number of fused-ring (bicyclic) bond motifs is 1. The Balaban J connectivity index is 1.52. The van der Waals surface area contributed by atoms with Crippen LogP contribution in [0.15, 0.2) is 47.4 Å². The van der Waals surface area contributed by atoms with E-state index in [2.05, 4.69) is 0 Å². The summed E-state index contributed by atoms with van der Waals surface area (Å²) in [5.41, 5.74) is 2.41. The Morgan fingerprint density at radius 2 is 1.82 bits per heavy atom. The number of phenols is 1. The van der Waals surface area contributed by atoms with Crippen LogP contribution in [-0.2, 0) is 21.4 Å². The molecule has 0 radical (unpaired) electrons. The second kappa shape index (κ2) is 7.10. The summed E-state index contributed by atoms with van der Waals surface area (Å²) in [5, 5.41) is 9.86. The molecule has 0 bridgehead atoms. The average molecular weight is 402 g/mol. The number of benzene rings is 2. The molecule has 0 spiro atoms. The topological polar surface area (TPSA) is 87.2 Å². The molecule has 1 N–H and O–H groups in total. The van der Waals surface area contributed by atoms with Crippen LogP contribution in [0.4, 0.5) is 10.5 Å². The van der Waals surface area contributed by atoms with Crippen molar-refractivity contribution in [2.45, 2.75) is 37.3 Å². The van der Waals surface area contributed by atoms with Gasteiger partial charge in [-0.15, -0.1) is 0 Å². The second-order valence-electron chi connectivity index (χ2n) is 7.14. The van der Waals surface area contributed by atoms with Gasteiger partial charge in [0.25, 0.3) is 0 Å². The maximum Gasteiger partial charge on any atom is 0.414 e. The first-order valence-electron chi connectivity index (χ1n) is 9.21. The quantitative estimate of drug-likeness (QED) is 0.853. The lowest BCUT2D eigenvalue weighted by Gasteiger charge is -2.39. The van der Waals surface area contributed by atoms with Crippen LogP contribution < -0.4 is 4.90 Å². The molecule has 148 valence electrons. The molecule has 28 heavy (non-hydrogen) atoms. The van der Waals surface area contributed by atoms with E-state index in [0.29, 0.717) is 31.5 Å². The number of anilines is 1. The molecule has 2 aromatic rings. The van der Waals surface area contributed by atoms with Crippen LogP contribution in [-0.4, -0.2) is 43.1 Å². The zero-order valence-electron chi connectivity index (χ0n) is 15.5. The summed E-state index contributed by atoms with van der Waals surface area (Å²) in [6, 6.07) is 11.9. The van der Waals surface area contributed by atoms with Gasteiger partial charge in [-0.2, -0.15) is 4.31 Å². The molecule has 2 aliphatic rings. The van der Waals surface area contributed by atoms with Crippen LogP contribution in [0.3, 0.4) is 0 Å². The fraction of sp³-hybridized carbons (Fsp3) is 0.350. The third kappa shape index (κ3) is 3.22. The summed E-state index contributed by atoms with van der Waals surface area (Å²) < 4.78 is 32.5. The molecule has 1 amide bonds. The number of aromatic hydroxyl groups is 1. The molecular formula is C20H22N2O5S. The Kier molecular flexibility index (Phi) is 4.76. The maximum atomic E-state index is 12.9. The van der Waals surface area contributed by atoms with E-state index in [4.69, 9.17) is 4.74 Å². The van der Waals surface area contributed by atoms with Gasteiger partial charge in [-0.05, 0) is 37.5 Å². The molecule has 2 aromatic carbocycles. The highest BCUT2D eigenvalue weighted by atomic mass is 32.2. The number of sulfonamides is 1. The van der Waals surface area contributed by atoms with Crippen molar-refractivity contribution in [2.75, 3.05) is 18.0 Å². The molecule has 0 aliphatic carbocycles. The molecule has 0 unspecified atom stereocenters. The van der Waals surface area contributed by atoms with Crippen molar-refractivity contribution in [1.29, 1.82) is 0 Å². The lowest BCUT2D eigenvalue weighted by atomic mass is 10.0. The molecule has 0 saturated carbocycles. The third-order valence-electron chi connectivity index (χ3n) is 5.41. The van der Waals surface area contributed by atoms with Crippen molar-refractivity contribution < 1.29 is 23.1 Å². The Morgan fingerprint density at radius 1 is 1.11 bits per heavy atom. The summed E-state index contributed by atoms with van der Waals surface area (Å²) in [5.74, 6) is -0.0383. The Bertz CT molecular complexity index is 1010. The van der Waals surface area contributed by atoms with E-state index < -0.39 is 10.0 Å². The number of para-hydroxylation sites is 1. The van der Waals surface area contributed by atoms with Crippen molar-refractivity contribution >= 4 is 21.8 Å². The highest BCUT2D eigenvalue weighted by Gasteiger charge is 2.37. The number of ether oxygens (including phenoxy) is 1. The monoisotopic (exact) mass is 402 g/mol. The highest BCUT2D eigenvalue weighted by molar-refractivity contribution is 7.89. The van der Waals surface area contributed by atoms with Gasteiger partial charge in [-0.1, -0.05) is 24.3 Å². The van der Waals surface area contributed by atoms with E-state index in [1.807, 2.05) is 24.3 Å². The first-order chi connectivity index (χ1) is 13.4. The van der Waals surface area contributed by atoms with Gasteiger partial charge in [0, 0.05) is 30.8 Å². The standard InChI is InChI=1S/C20H22N2O5S/c1-14-6-7-17(12-19(14)23)28(25,26)21-10-8-16(9-11-21)22-18-5-3-2-4-15(18)13-27-20(22)24/h2-7,12,16,23H,8-11,13H2,1H3. The Hall–Kier alpha value is -2.58. The predicted octanol–water partition coefficient (Wildman–Crippen LogP) is 3.01. The third-order valence-corrected chi connectivity index (χ3v) is 7.30. The zero-order chi connectivity index (χ0) is 19.9. The lowest BCUT2D eigenvalue weighted by molar-refractivity contribution is 0.136. The van der Waals surface area contributed by atoms with E-state index in [1.165, 1.54) is 16.4 Å². The summed E-state index contributed by atoms with van der Waals surface area (Å²) in [6.45, 7) is 2.57. The molecule has 1 fully saturated rings. The maximum absolute atomic E-state index is 12.9. The minimum atomic E-state index is -3.69. The number of hydrogen-bond acceptors (Lipinski definition) is 5. The predicted molar refractivity (Wildman–Crippen MR) is 104 cm³/mol. The fourth-order valence-electron chi connectivity index (χ4n) is 3.76. The number of carbonyl (C=O) groups excluding carboxylic acids is 1. The van der Waals surface area contributed by atoms with E-state index in [-0.39, 0.29) is 29.4 Å². The molecule has 0 atom stereocenters. The average Bonchev–Trinajstić information content (AvgIpc) is 2.70. The van der Waals surface area contributed by atoms with Crippen LogP contribution in [0.2, 0.25) is 0 Å². The minimum Gasteiger partial charge on any atom is -0.508 e. The minimum absolute atomic E-state index is 0.0383. The molecule has 2 aliphatic heterocycles. The number of phenolic OH excluding ortho intramolecular Hbond substituents is 1. The van der Waals surface area contributed by atoms with E-state index >= 15 is 0 Å². The molecule has 8 heteroatoms. The molecule has 1 saturated heterocycles. The van der Waals surface area contributed by atoms with Gasteiger partial charge in [0.05, 0.1) is 10.6 Å². The van der Waals surface area contributed by atoms with Crippen molar-refractivity contribution in [3.05, 3.63) is 53.6 Å². The van der Waals surface area contributed by atoms with E-state index in [1.54, 1.807) is 17.9 Å². The van der Waals surface area contributed by atoms with Gasteiger partial charge in [0.2, 0.25) is 10.0 Å². The Morgan fingerprint density at radius 3 is 2.54 bits per heavy atom. The first kappa shape index (κ1) is 18.8. The van der Waals surface area contributed by atoms with Gasteiger partial charge in [-0.3, -0.25) is 4.90 Å². The van der Waals surface area contributed by atoms with Crippen LogP contribution >= 0.6 is 0 Å². The largest absolute Gasteiger partial charge is 0.508 e. The van der Waals surface area contributed by atoms with Crippen molar-refractivity contribution in [1.82, 2.24) is 4.31 Å². The lowest BCUT2D eigenvalue weighted by Crippen LogP contribution is -2.50. The smallest absolute Gasteiger partial charge is 0.414 e. The van der Waals surface area contributed by atoms with Gasteiger partial charge in [0.15, 0.2) is 0 Å². The van der Waals surface area contributed by atoms with Crippen molar-refractivity contribution in [2.24, 2.45) is 0 Å². The zero-order valence-corrected chi connectivity index (χ0v) is 16.4. The number of nitrogens with zero attached hydrogens (tertiary/aromatic N) is 2. The second-order valence-corrected chi connectivity index (χ2v) is 9.07. The number of hydrogen-bond donors (Lipinski definition) is 1. The highest BCUT2D eigenvalue weighted by Crippen LogP contribution is 2.33. The van der Waals surface area contributed by atoms with Crippen LogP contribution in [0.25, 0.3) is 0 Å². The summed E-state index contributed by atoms with van der Waals surface area (Å²) >= 11 is 0. The number of rotatable bonds is 3. The van der Waals surface area contributed by atoms with Crippen molar-refractivity contribution in [3.63, 3.8) is 0 Å². The van der Waals surface area contributed by atoms with E-state index in [9.17, 15) is 18.3 Å². The van der Waals surface area contributed by atoms with Gasteiger partial charge >= 0.3 is 6.09 Å². The number of aryl methyl sites for hydroxylation is 1. The normalized spacial score (nSPS) is 18.6. The van der Waals surface area contributed by atoms with E-state index in [0.717, 1.165) is 11.3 Å². The van der Waals surface area contributed by atoms with Crippen LogP contribution in [0.1, 0.15) is 24.0 Å². The number of carbonyl (C=O) groups is 1. The Labute approximate surface area is 164 Å². The van der Waals surface area contributed by atoms with Crippen molar-refractivity contribution in [3.8, 4) is 5.75 Å². The fourth-order valence-corrected chi connectivity index (χ4v) is 5.25. The number of piperidine rings is 1. The number of amides is 1. The molecule has 2 heterocycles. The summed E-state index contributed by atoms with van der Waals surface area (Å²) in [7, 11) is -3.69. The summed E-state index contributed by atoms with van der Waals surface area (Å²) in [4.78, 5) is 14.1. The molecule has 7 nitrogen and oxygen atoms in total. The molecule has 4 rings (SSSR count). The number of cyclic esters (lactones) is 1. The van der Waals surface area contributed by atoms with Crippen LogP contribution in [0.5, 0.6) is 5.75 Å². The van der Waals surface area contributed by atoms with Gasteiger partial charge in [-0.25, -0.2) is 13.2 Å². The van der Waals surface area contributed by atoms with Gasteiger partial charge < -0.3 is 9.84 Å².